The Balaban J connectivity index is 4.16. The first-order chi connectivity index (χ1) is 6.15. The van der Waals surface area contributed by atoms with Crippen LogP contribution in [0.3, 0.4) is 0 Å². The maximum atomic E-state index is 5.35. The van der Waals surface area contributed by atoms with Crippen LogP contribution in [0.4, 0.5) is 0 Å². The number of allylic oxidation sites excluding steroid dienone is 1. The third-order valence-electron chi connectivity index (χ3n) is 1.87. The summed E-state index contributed by atoms with van der Waals surface area (Å²) in [6, 6.07) is 0. The summed E-state index contributed by atoms with van der Waals surface area (Å²) in [5.74, 6) is 0. The summed E-state index contributed by atoms with van der Waals surface area (Å²) in [5, 5.41) is 0. The smallest absolute Gasteiger partial charge is 0.103 e. The first-order valence-corrected chi connectivity index (χ1v) is 4.48. The standard InChI is InChI=1S/C10H21NO2/c1-6-7-9(12-4)10(13-5)8-11(2)3/h6-7,9-10H,8H2,1-5H3/b7-6-. The Hall–Kier alpha value is -0.380. The van der Waals surface area contributed by atoms with Crippen LogP contribution in [0, 0.1) is 0 Å². The molecule has 0 aliphatic rings. The minimum absolute atomic E-state index is 0.0393. The van der Waals surface area contributed by atoms with Gasteiger partial charge in [-0.15, -0.1) is 0 Å². The van der Waals surface area contributed by atoms with Crippen LogP contribution in [0.25, 0.3) is 0 Å². The molecule has 13 heavy (non-hydrogen) atoms. The summed E-state index contributed by atoms with van der Waals surface area (Å²) in [6.45, 7) is 2.84. The molecule has 0 amide bonds. The van der Waals surface area contributed by atoms with Gasteiger partial charge in [-0.1, -0.05) is 12.2 Å². The minimum atomic E-state index is 0.0393. The summed E-state index contributed by atoms with van der Waals surface area (Å²) < 4.78 is 10.7. The van der Waals surface area contributed by atoms with Gasteiger partial charge in [0.2, 0.25) is 0 Å². The summed E-state index contributed by atoms with van der Waals surface area (Å²) >= 11 is 0. The number of hydrogen-bond donors (Lipinski definition) is 0. The van der Waals surface area contributed by atoms with Gasteiger partial charge in [-0.3, -0.25) is 0 Å². The van der Waals surface area contributed by atoms with Crippen LogP contribution in [0.5, 0.6) is 0 Å². The molecule has 0 aliphatic heterocycles. The van der Waals surface area contributed by atoms with Crippen LogP contribution in [0.1, 0.15) is 6.92 Å². The van der Waals surface area contributed by atoms with Crippen molar-refractivity contribution in [2.45, 2.75) is 19.1 Å². The maximum Gasteiger partial charge on any atom is 0.103 e. The van der Waals surface area contributed by atoms with Gasteiger partial charge in [0.05, 0.1) is 6.10 Å². The van der Waals surface area contributed by atoms with E-state index in [9.17, 15) is 0 Å². The van der Waals surface area contributed by atoms with E-state index in [1.807, 2.05) is 33.2 Å². The predicted octanol–water partition coefficient (Wildman–Crippen LogP) is 1.15. The lowest BCUT2D eigenvalue weighted by Crippen LogP contribution is -2.37. The van der Waals surface area contributed by atoms with Gasteiger partial charge in [-0.05, 0) is 21.0 Å². The van der Waals surface area contributed by atoms with Gasteiger partial charge in [0, 0.05) is 20.8 Å². The lowest BCUT2D eigenvalue weighted by molar-refractivity contribution is -0.0225. The Morgan fingerprint density at radius 2 is 1.85 bits per heavy atom. The Bertz CT molecular complexity index is 146. The fraction of sp³-hybridized carbons (Fsp3) is 0.800. The molecule has 0 rings (SSSR count). The summed E-state index contributed by atoms with van der Waals surface area (Å²) in [4.78, 5) is 2.09. The molecular weight excluding hydrogens is 166 g/mol. The van der Waals surface area contributed by atoms with Crippen LogP contribution >= 0.6 is 0 Å². The minimum Gasteiger partial charge on any atom is -0.377 e. The molecule has 2 atom stereocenters. The summed E-state index contributed by atoms with van der Waals surface area (Å²) in [5.41, 5.74) is 0. The second-order valence-corrected chi connectivity index (χ2v) is 3.26. The highest BCUT2D eigenvalue weighted by Crippen LogP contribution is 2.05. The fourth-order valence-electron chi connectivity index (χ4n) is 1.22. The quantitative estimate of drug-likeness (QED) is 0.582. The van der Waals surface area contributed by atoms with E-state index in [-0.39, 0.29) is 12.2 Å². The average Bonchev–Trinajstić information content (AvgIpc) is 2.10. The summed E-state index contributed by atoms with van der Waals surface area (Å²) in [6.07, 6.45) is 4.13. The lowest BCUT2D eigenvalue weighted by atomic mass is 10.2. The van der Waals surface area contributed by atoms with E-state index >= 15 is 0 Å². The zero-order valence-electron chi connectivity index (χ0n) is 9.28. The molecule has 0 saturated carbocycles. The third-order valence-corrected chi connectivity index (χ3v) is 1.87. The normalized spacial score (nSPS) is 16.8. The highest BCUT2D eigenvalue weighted by molar-refractivity contribution is 4.92. The van der Waals surface area contributed by atoms with Crippen molar-refractivity contribution in [3.05, 3.63) is 12.2 Å². The second-order valence-electron chi connectivity index (χ2n) is 3.26. The molecule has 0 bridgehead atoms. The lowest BCUT2D eigenvalue weighted by Gasteiger charge is -2.25. The first kappa shape index (κ1) is 12.6. The van der Waals surface area contributed by atoms with E-state index in [1.165, 1.54) is 0 Å². The molecule has 3 nitrogen and oxygen atoms in total. The third kappa shape index (κ3) is 5.03. The van der Waals surface area contributed by atoms with Gasteiger partial charge in [0.1, 0.15) is 6.10 Å². The monoisotopic (exact) mass is 187 g/mol. The van der Waals surface area contributed by atoms with Gasteiger partial charge in [-0.25, -0.2) is 0 Å². The van der Waals surface area contributed by atoms with Crippen molar-refractivity contribution in [2.24, 2.45) is 0 Å². The number of rotatable bonds is 6. The van der Waals surface area contributed by atoms with Crippen LogP contribution in [-0.2, 0) is 9.47 Å². The number of likely N-dealkylation sites (N-methyl/N-ethyl adjacent to an activating group) is 1. The predicted molar refractivity (Wildman–Crippen MR) is 55.0 cm³/mol. The number of methoxy groups -OCH3 is 2. The van der Waals surface area contributed by atoms with Crippen LogP contribution in [0.2, 0.25) is 0 Å². The van der Waals surface area contributed by atoms with E-state index in [4.69, 9.17) is 9.47 Å². The van der Waals surface area contributed by atoms with Crippen LogP contribution in [-0.4, -0.2) is 52.0 Å². The molecule has 0 aromatic carbocycles. The van der Waals surface area contributed by atoms with E-state index in [2.05, 4.69) is 4.90 Å². The zero-order chi connectivity index (χ0) is 10.3. The van der Waals surface area contributed by atoms with E-state index in [0.717, 1.165) is 6.54 Å². The van der Waals surface area contributed by atoms with Crippen LogP contribution < -0.4 is 0 Å². The van der Waals surface area contributed by atoms with Crippen molar-refractivity contribution in [1.29, 1.82) is 0 Å². The van der Waals surface area contributed by atoms with E-state index in [0.29, 0.717) is 0 Å². The molecule has 3 heteroatoms. The van der Waals surface area contributed by atoms with Crippen molar-refractivity contribution in [3.8, 4) is 0 Å². The molecule has 0 heterocycles. The Morgan fingerprint density at radius 3 is 2.15 bits per heavy atom. The largest absolute Gasteiger partial charge is 0.377 e. The maximum absolute atomic E-state index is 5.35. The van der Waals surface area contributed by atoms with Gasteiger partial charge in [-0.2, -0.15) is 0 Å². The molecule has 0 fully saturated rings. The van der Waals surface area contributed by atoms with Gasteiger partial charge in [0.15, 0.2) is 0 Å². The Labute approximate surface area is 81.3 Å². The SMILES string of the molecule is C/C=C\C(OC)C(CN(C)C)OC. The molecule has 0 spiro atoms. The fourth-order valence-corrected chi connectivity index (χ4v) is 1.22. The highest BCUT2D eigenvalue weighted by atomic mass is 16.5. The molecule has 2 unspecified atom stereocenters. The number of ether oxygens (including phenoxy) is 2. The zero-order valence-corrected chi connectivity index (χ0v) is 9.28. The molecule has 0 aromatic heterocycles. The van der Waals surface area contributed by atoms with Crippen molar-refractivity contribution >= 4 is 0 Å². The molecule has 0 aromatic rings. The molecule has 78 valence electrons. The Kier molecular flexibility index (Phi) is 6.86. The molecular formula is C10H21NO2. The molecule has 0 N–H and O–H groups in total. The first-order valence-electron chi connectivity index (χ1n) is 4.48. The number of hydrogen-bond acceptors (Lipinski definition) is 3. The van der Waals surface area contributed by atoms with E-state index in [1.54, 1.807) is 14.2 Å². The highest BCUT2D eigenvalue weighted by Gasteiger charge is 2.18. The number of nitrogens with zero attached hydrogens (tertiary/aromatic N) is 1. The van der Waals surface area contributed by atoms with Crippen molar-refractivity contribution in [1.82, 2.24) is 4.90 Å². The molecule has 0 saturated heterocycles. The summed E-state index contributed by atoms with van der Waals surface area (Å²) in [7, 11) is 7.46. The molecule has 0 radical (unpaired) electrons. The Morgan fingerprint density at radius 1 is 1.23 bits per heavy atom. The van der Waals surface area contributed by atoms with Gasteiger partial charge < -0.3 is 14.4 Å². The van der Waals surface area contributed by atoms with Crippen LogP contribution in [0.15, 0.2) is 12.2 Å². The van der Waals surface area contributed by atoms with Crippen molar-refractivity contribution in [3.63, 3.8) is 0 Å². The average molecular weight is 187 g/mol. The molecule has 0 aliphatic carbocycles. The topological polar surface area (TPSA) is 21.7 Å². The van der Waals surface area contributed by atoms with Gasteiger partial charge >= 0.3 is 0 Å². The second kappa shape index (κ2) is 7.06. The van der Waals surface area contributed by atoms with Gasteiger partial charge in [0.25, 0.3) is 0 Å². The van der Waals surface area contributed by atoms with Crippen molar-refractivity contribution in [2.75, 3.05) is 34.9 Å². The van der Waals surface area contributed by atoms with Crippen molar-refractivity contribution < 1.29 is 9.47 Å². The van der Waals surface area contributed by atoms with E-state index < -0.39 is 0 Å².